The molecule has 1 aliphatic carbocycles. The minimum absolute atomic E-state index is 0.160. The molecule has 0 aromatic rings. The van der Waals surface area contributed by atoms with Crippen molar-refractivity contribution >= 4 is 5.91 Å². The summed E-state index contributed by atoms with van der Waals surface area (Å²) < 4.78 is 5.71. The number of hydrogen-bond acceptors (Lipinski definition) is 3. The van der Waals surface area contributed by atoms with E-state index in [0.29, 0.717) is 12.6 Å². The van der Waals surface area contributed by atoms with Gasteiger partial charge in [-0.3, -0.25) is 9.69 Å². The second kappa shape index (κ2) is 7.41. The second-order valence-corrected chi connectivity index (χ2v) is 6.41. The fraction of sp³-hybridized carbons (Fsp3) is 0.938. The van der Waals surface area contributed by atoms with Crippen LogP contribution in [0.2, 0.25) is 0 Å². The fourth-order valence-electron chi connectivity index (χ4n) is 3.60. The molecule has 0 bridgehead atoms. The molecule has 2 unspecified atom stereocenters. The molecule has 2 fully saturated rings. The number of carbonyl (C=O) groups is 1. The van der Waals surface area contributed by atoms with Crippen LogP contribution < -0.4 is 0 Å². The Morgan fingerprint density at radius 3 is 2.30 bits per heavy atom. The van der Waals surface area contributed by atoms with Gasteiger partial charge in [0.2, 0.25) is 5.91 Å². The quantitative estimate of drug-likeness (QED) is 0.793. The number of carbonyl (C=O) groups excluding carboxylic acids is 1. The summed E-state index contributed by atoms with van der Waals surface area (Å²) in [5.74, 6) is 0.277. The molecule has 20 heavy (non-hydrogen) atoms. The van der Waals surface area contributed by atoms with Gasteiger partial charge in [0.15, 0.2) is 0 Å². The van der Waals surface area contributed by atoms with Gasteiger partial charge in [0.05, 0.1) is 18.8 Å². The third-order valence-corrected chi connectivity index (χ3v) is 4.61. The molecule has 2 aliphatic rings. The predicted molar refractivity (Wildman–Crippen MR) is 80.7 cm³/mol. The van der Waals surface area contributed by atoms with Gasteiger partial charge in [-0.2, -0.15) is 0 Å². The highest BCUT2D eigenvalue weighted by molar-refractivity contribution is 5.78. The maximum Gasteiger partial charge on any atom is 0.236 e. The van der Waals surface area contributed by atoms with E-state index in [9.17, 15) is 4.79 Å². The van der Waals surface area contributed by atoms with Gasteiger partial charge in [-0.25, -0.2) is 0 Å². The molecule has 2 atom stereocenters. The average molecular weight is 282 g/mol. The van der Waals surface area contributed by atoms with Crippen LogP contribution >= 0.6 is 0 Å². The monoisotopic (exact) mass is 282 g/mol. The first-order valence-electron chi connectivity index (χ1n) is 8.27. The van der Waals surface area contributed by atoms with Crippen LogP contribution in [0, 0.1) is 0 Å². The largest absolute Gasteiger partial charge is 0.372 e. The van der Waals surface area contributed by atoms with Crippen LogP contribution in [0.4, 0.5) is 0 Å². The van der Waals surface area contributed by atoms with Gasteiger partial charge in [-0.1, -0.05) is 26.2 Å². The summed E-state index contributed by atoms with van der Waals surface area (Å²) in [6, 6.07) is 0.619. The zero-order valence-corrected chi connectivity index (χ0v) is 13.3. The summed E-state index contributed by atoms with van der Waals surface area (Å²) in [6.07, 6.45) is 6.84. The topological polar surface area (TPSA) is 32.8 Å². The van der Waals surface area contributed by atoms with Crippen LogP contribution in [0.3, 0.4) is 0 Å². The van der Waals surface area contributed by atoms with E-state index in [-0.39, 0.29) is 18.1 Å². The smallest absolute Gasteiger partial charge is 0.236 e. The lowest BCUT2D eigenvalue weighted by Crippen LogP contribution is -2.52. The average Bonchev–Trinajstić information content (AvgIpc) is 2.44. The van der Waals surface area contributed by atoms with Gasteiger partial charge in [0.1, 0.15) is 0 Å². The van der Waals surface area contributed by atoms with Gasteiger partial charge in [-0.15, -0.1) is 0 Å². The number of amides is 1. The standard InChI is InChI=1S/C16H30N2O2/c1-4-17(15-8-6-5-7-9-15)12-16(19)18-10-13(2)20-14(3)11-18/h13-15H,4-12H2,1-3H3. The minimum Gasteiger partial charge on any atom is -0.372 e. The molecule has 2 rings (SSSR count). The molecule has 1 heterocycles. The molecular weight excluding hydrogens is 252 g/mol. The van der Waals surface area contributed by atoms with Crippen LogP contribution in [0.5, 0.6) is 0 Å². The molecule has 4 nitrogen and oxygen atoms in total. The highest BCUT2D eigenvalue weighted by Crippen LogP contribution is 2.22. The third kappa shape index (κ3) is 4.19. The van der Waals surface area contributed by atoms with Gasteiger partial charge >= 0.3 is 0 Å². The molecule has 116 valence electrons. The SMILES string of the molecule is CCN(CC(=O)N1CC(C)OC(C)C1)C1CCCCC1. The van der Waals surface area contributed by atoms with Gasteiger partial charge in [0.25, 0.3) is 0 Å². The Labute approximate surface area is 123 Å². The number of rotatable bonds is 4. The minimum atomic E-state index is 0.160. The number of nitrogens with zero attached hydrogens (tertiary/aromatic N) is 2. The normalized spacial score (nSPS) is 28.9. The first kappa shape index (κ1) is 15.8. The molecule has 0 aromatic heterocycles. The Hall–Kier alpha value is -0.610. The van der Waals surface area contributed by atoms with Crippen molar-refractivity contribution in [3.8, 4) is 0 Å². The van der Waals surface area contributed by atoms with Crippen molar-refractivity contribution in [2.45, 2.75) is 71.1 Å². The van der Waals surface area contributed by atoms with Crippen LogP contribution in [0.15, 0.2) is 0 Å². The predicted octanol–water partition coefficient (Wildman–Crippen LogP) is 2.28. The van der Waals surface area contributed by atoms with Gasteiger partial charge in [0, 0.05) is 19.1 Å². The Morgan fingerprint density at radius 1 is 1.15 bits per heavy atom. The highest BCUT2D eigenvalue weighted by Gasteiger charge is 2.28. The summed E-state index contributed by atoms with van der Waals surface area (Å²) in [5.41, 5.74) is 0. The van der Waals surface area contributed by atoms with Gasteiger partial charge in [-0.05, 0) is 33.2 Å². The maximum atomic E-state index is 12.5. The summed E-state index contributed by atoms with van der Waals surface area (Å²) in [5, 5.41) is 0. The first-order valence-corrected chi connectivity index (χ1v) is 8.27. The lowest BCUT2D eigenvalue weighted by atomic mass is 9.94. The fourth-order valence-corrected chi connectivity index (χ4v) is 3.60. The summed E-state index contributed by atoms with van der Waals surface area (Å²) >= 11 is 0. The number of morpholine rings is 1. The van der Waals surface area contributed by atoms with E-state index >= 15 is 0 Å². The van der Waals surface area contributed by atoms with Crippen LogP contribution in [-0.4, -0.2) is 60.1 Å². The van der Waals surface area contributed by atoms with Crippen molar-refractivity contribution in [1.82, 2.24) is 9.80 Å². The number of likely N-dealkylation sites (N-methyl/N-ethyl adjacent to an activating group) is 1. The van der Waals surface area contributed by atoms with E-state index in [1.807, 2.05) is 4.90 Å². The molecule has 0 radical (unpaired) electrons. The maximum absolute atomic E-state index is 12.5. The molecule has 0 aromatic carbocycles. The second-order valence-electron chi connectivity index (χ2n) is 6.41. The Balaban J connectivity index is 1.87. The molecule has 1 aliphatic heterocycles. The molecule has 4 heteroatoms. The highest BCUT2D eigenvalue weighted by atomic mass is 16.5. The molecule has 1 saturated carbocycles. The van der Waals surface area contributed by atoms with Crippen LogP contribution in [-0.2, 0) is 9.53 Å². The lowest BCUT2D eigenvalue weighted by Gasteiger charge is -2.38. The van der Waals surface area contributed by atoms with Crippen molar-refractivity contribution in [2.75, 3.05) is 26.2 Å². The zero-order chi connectivity index (χ0) is 14.5. The number of ether oxygens (including phenoxy) is 1. The van der Waals surface area contributed by atoms with Crippen molar-refractivity contribution < 1.29 is 9.53 Å². The van der Waals surface area contributed by atoms with E-state index in [1.165, 1.54) is 32.1 Å². The van der Waals surface area contributed by atoms with Gasteiger partial charge < -0.3 is 9.64 Å². The summed E-state index contributed by atoms with van der Waals surface area (Å²) in [7, 11) is 0. The van der Waals surface area contributed by atoms with Crippen molar-refractivity contribution in [2.24, 2.45) is 0 Å². The van der Waals surface area contributed by atoms with E-state index in [0.717, 1.165) is 19.6 Å². The molecule has 0 N–H and O–H groups in total. The summed E-state index contributed by atoms with van der Waals surface area (Å²) in [6.45, 7) is 9.32. The first-order chi connectivity index (χ1) is 9.60. The molecule has 0 spiro atoms. The van der Waals surface area contributed by atoms with Crippen molar-refractivity contribution in [3.63, 3.8) is 0 Å². The van der Waals surface area contributed by atoms with Crippen LogP contribution in [0.25, 0.3) is 0 Å². The van der Waals surface area contributed by atoms with Crippen molar-refractivity contribution in [1.29, 1.82) is 0 Å². The lowest BCUT2D eigenvalue weighted by molar-refractivity contribution is -0.145. The van der Waals surface area contributed by atoms with E-state index < -0.39 is 0 Å². The van der Waals surface area contributed by atoms with E-state index in [4.69, 9.17) is 4.74 Å². The molecular formula is C16H30N2O2. The molecule has 1 amide bonds. The third-order valence-electron chi connectivity index (χ3n) is 4.61. The van der Waals surface area contributed by atoms with Crippen LogP contribution in [0.1, 0.15) is 52.9 Å². The zero-order valence-electron chi connectivity index (χ0n) is 13.3. The molecule has 1 saturated heterocycles. The van der Waals surface area contributed by atoms with Crippen molar-refractivity contribution in [3.05, 3.63) is 0 Å². The Morgan fingerprint density at radius 2 is 1.75 bits per heavy atom. The summed E-state index contributed by atoms with van der Waals surface area (Å²) in [4.78, 5) is 16.9. The number of hydrogen-bond donors (Lipinski definition) is 0. The Bertz CT molecular complexity index is 306. The van der Waals surface area contributed by atoms with E-state index in [1.54, 1.807) is 0 Å². The Kier molecular flexibility index (Phi) is 5.85. The van der Waals surface area contributed by atoms with E-state index in [2.05, 4.69) is 25.7 Å².